The first-order chi connectivity index (χ1) is 7.74. The van der Waals surface area contributed by atoms with Gasteiger partial charge in [-0.25, -0.2) is 0 Å². The van der Waals surface area contributed by atoms with Crippen molar-refractivity contribution in [3.05, 3.63) is 36.4 Å². The van der Waals surface area contributed by atoms with E-state index in [1.807, 2.05) is 43.3 Å². The van der Waals surface area contributed by atoms with Gasteiger partial charge in [-0.2, -0.15) is 0 Å². The first-order valence-corrected chi connectivity index (χ1v) is 5.00. The first-order valence-electron chi connectivity index (χ1n) is 5.00. The third kappa shape index (κ3) is 1.77. The van der Waals surface area contributed by atoms with Crippen molar-refractivity contribution in [1.82, 2.24) is 14.8 Å². The van der Waals surface area contributed by atoms with Crippen molar-refractivity contribution in [2.75, 3.05) is 19.0 Å². The molecule has 0 spiro atoms. The van der Waals surface area contributed by atoms with Gasteiger partial charge in [0.25, 0.3) is 0 Å². The molecule has 0 aliphatic rings. The smallest absolute Gasteiger partial charge is 0.163 e. The van der Waals surface area contributed by atoms with E-state index in [-0.39, 0.29) is 6.61 Å². The number of aromatic nitrogens is 3. The second-order valence-electron chi connectivity index (χ2n) is 3.66. The van der Waals surface area contributed by atoms with Crippen molar-refractivity contribution < 1.29 is 5.11 Å². The first kappa shape index (κ1) is 10.6. The predicted octanol–water partition coefficient (Wildman–Crippen LogP) is 0.826. The van der Waals surface area contributed by atoms with Gasteiger partial charge in [-0.05, 0) is 12.1 Å². The van der Waals surface area contributed by atoms with Gasteiger partial charge < -0.3 is 10.0 Å². The highest BCUT2D eigenvalue weighted by Gasteiger charge is 2.09. The number of hydrogen-bond donors (Lipinski definition) is 1. The Morgan fingerprint density at radius 2 is 2.06 bits per heavy atom. The Bertz CT molecular complexity index is 478. The molecule has 5 nitrogen and oxygen atoms in total. The molecule has 2 rings (SSSR count). The summed E-state index contributed by atoms with van der Waals surface area (Å²) in [5.41, 5.74) is 2.01. The summed E-state index contributed by atoms with van der Waals surface area (Å²) in [6.45, 7) is -0.123. The number of anilines is 1. The van der Waals surface area contributed by atoms with Crippen molar-refractivity contribution in [2.45, 2.75) is 6.61 Å². The van der Waals surface area contributed by atoms with E-state index in [1.54, 1.807) is 10.9 Å². The lowest BCUT2D eigenvalue weighted by molar-refractivity contribution is 0.269. The third-order valence-corrected chi connectivity index (χ3v) is 2.38. The monoisotopic (exact) mass is 218 g/mol. The van der Waals surface area contributed by atoms with Crippen LogP contribution in [-0.2, 0) is 6.61 Å². The molecule has 1 N–H and O–H groups in total. The minimum absolute atomic E-state index is 0.123. The Kier molecular flexibility index (Phi) is 2.87. The van der Waals surface area contributed by atoms with Crippen molar-refractivity contribution >= 4 is 5.69 Å². The summed E-state index contributed by atoms with van der Waals surface area (Å²) < 4.78 is 1.79. The van der Waals surface area contributed by atoms with Crippen molar-refractivity contribution in [1.29, 1.82) is 0 Å². The third-order valence-electron chi connectivity index (χ3n) is 2.38. The molecule has 0 bridgehead atoms. The van der Waals surface area contributed by atoms with Crippen molar-refractivity contribution in [2.24, 2.45) is 0 Å². The number of nitrogens with zero attached hydrogens (tertiary/aromatic N) is 4. The number of hydrogen-bond acceptors (Lipinski definition) is 4. The van der Waals surface area contributed by atoms with Gasteiger partial charge in [0.05, 0.1) is 11.4 Å². The minimum atomic E-state index is -0.123. The molecule has 0 radical (unpaired) electrons. The van der Waals surface area contributed by atoms with E-state index in [9.17, 15) is 0 Å². The fourth-order valence-corrected chi connectivity index (χ4v) is 1.61. The van der Waals surface area contributed by atoms with Gasteiger partial charge in [0.2, 0.25) is 0 Å². The van der Waals surface area contributed by atoms with Crippen LogP contribution in [0.3, 0.4) is 0 Å². The minimum Gasteiger partial charge on any atom is -0.388 e. The van der Waals surface area contributed by atoms with Crippen LogP contribution in [0.5, 0.6) is 0 Å². The fourth-order valence-electron chi connectivity index (χ4n) is 1.61. The van der Waals surface area contributed by atoms with Gasteiger partial charge in [-0.1, -0.05) is 12.1 Å². The predicted molar refractivity (Wildman–Crippen MR) is 61.6 cm³/mol. The van der Waals surface area contributed by atoms with Gasteiger partial charge in [-0.3, -0.25) is 4.57 Å². The lowest BCUT2D eigenvalue weighted by atomic mass is 10.2. The summed E-state index contributed by atoms with van der Waals surface area (Å²) in [5.74, 6) is 0.536. The Hall–Kier alpha value is -1.88. The topological polar surface area (TPSA) is 54.2 Å². The Morgan fingerprint density at radius 1 is 1.31 bits per heavy atom. The molecule has 0 unspecified atom stereocenters. The molecular weight excluding hydrogens is 204 g/mol. The van der Waals surface area contributed by atoms with Gasteiger partial charge >= 0.3 is 0 Å². The number of aliphatic hydroxyl groups is 1. The molecule has 0 amide bonds. The molecule has 0 atom stereocenters. The largest absolute Gasteiger partial charge is 0.388 e. The van der Waals surface area contributed by atoms with E-state index in [2.05, 4.69) is 10.2 Å². The summed E-state index contributed by atoms with van der Waals surface area (Å²) >= 11 is 0. The van der Waals surface area contributed by atoms with E-state index in [4.69, 9.17) is 5.11 Å². The van der Waals surface area contributed by atoms with Crippen LogP contribution >= 0.6 is 0 Å². The van der Waals surface area contributed by atoms with Crippen LogP contribution in [0.2, 0.25) is 0 Å². The average molecular weight is 218 g/mol. The number of benzene rings is 1. The molecule has 5 heteroatoms. The molecule has 0 saturated heterocycles. The van der Waals surface area contributed by atoms with Crippen LogP contribution in [0.15, 0.2) is 30.6 Å². The normalized spacial score (nSPS) is 10.4. The van der Waals surface area contributed by atoms with Crippen LogP contribution in [0.25, 0.3) is 5.69 Å². The molecular formula is C11H14N4O. The SMILES string of the molecule is CN(C)c1ccccc1-n1cnnc1CO. The number of aliphatic hydroxyl groups excluding tert-OH is 1. The quantitative estimate of drug-likeness (QED) is 0.829. The van der Waals surface area contributed by atoms with Gasteiger partial charge in [0, 0.05) is 14.1 Å². The molecule has 2 aromatic rings. The van der Waals surface area contributed by atoms with Crippen LogP contribution in [0.1, 0.15) is 5.82 Å². The molecule has 84 valence electrons. The van der Waals surface area contributed by atoms with Crippen molar-refractivity contribution in [3.8, 4) is 5.69 Å². The summed E-state index contributed by atoms with van der Waals surface area (Å²) in [4.78, 5) is 2.01. The molecule has 16 heavy (non-hydrogen) atoms. The lowest BCUT2D eigenvalue weighted by Gasteiger charge is -2.18. The van der Waals surface area contributed by atoms with Gasteiger partial charge in [-0.15, -0.1) is 10.2 Å². The summed E-state index contributed by atoms with van der Waals surface area (Å²) in [6.07, 6.45) is 1.61. The van der Waals surface area contributed by atoms with Gasteiger partial charge in [0.15, 0.2) is 5.82 Å². The summed E-state index contributed by atoms with van der Waals surface area (Å²) in [7, 11) is 3.95. The molecule has 1 aromatic carbocycles. The highest BCUT2D eigenvalue weighted by molar-refractivity contribution is 5.62. The highest BCUT2D eigenvalue weighted by atomic mass is 16.3. The molecule has 0 saturated carbocycles. The Morgan fingerprint density at radius 3 is 2.75 bits per heavy atom. The lowest BCUT2D eigenvalue weighted by Crippen LogP contribution is -2.13. The molecule has 0 aliphatic heterocycles. The second kappa shape index (κ2) is 4.32. The van der Waals surface area contributed by atoms with Gasteiger partial charge in [0.1, 0.15) is 12.9 Å². The van der Waals surface area contributed by atoms with E-state index < -0.39 is 0 Å². The summed E-state index contributed by atoms with van der Waals surface area (Å²) in [5, 5.41) is 16.8. The van der Waals surface area contributed by atoms with Crippen LogP contribution in [-0.4, -0.2) is 34.0 Å². The Balaban J connectivity index is 2.55. The maximum absolute atomic E-state index is 9.16. The number of rotatable bonds is 3. The zero-order chi connectivity index (χ0) is 11.5. The molecule has 0 aliphatic carbocycles. The van der Waals surface area contributed by atoms with Crippen molar-refractivity contribution in [3.63, 3.8) is 0 Å². The van der Waals surface area contributed by atoms with Crippen LogP contribution in [0, 0.1) is 0 Å². The average Bonchev–Trinajstić information content (AvgIpc) is 2.76. The Labute approximate surface area is 94.0 Å². The standard InChI is InChI=1S/C11H14N4O/c1-14(2)9-5-3-4-6-10(9)15-8-12-13-11(15)7-16/h3-6,8,16H,7H2,1-2H3. The zero-order valence-electron chi connectivity index (χ0n) is 9.33. The fraction of sp³-hybridized carbons (Fsp3) is 0.273. The van der Waals surface area contributed by atoms with E-state index >= 15 is 0 Å². The van der Waals surface area contributed by atoms with E-state index in [1.165, 1.54) is 0 Å². The van der Waals surface area contributed by atoms with E-state index in [0.29, 0.717) is 5.82 Å². The number of para-hydroxylation sites is 2. The van der Waals surface area contributed by atoms with Crippen LogP contribution < -0.4 is 4.90 Å². The maximum atomic E-state index is 9.16. The molecule has 1 heterocycles. The zero-order valence-corrected chi connectivity index (χ0v) is 9.33. The second-order valence-corrected chi connectivity index (χ2v) is 3.66. The summed E-state index contributed by atoms with van der Waals surface area (Å²) in [6, 6.07) is 7.90. The molecule has 0 fully saturated rings. The molecule has 1 aromatic heterocycles. The van der Waals surface area contributed by atoms with E-state index in [0.717, 1.165) is 11.4 Å². The van der Waals surface area contributed by atoms with Crippen LogP contribution in [0.4, 0.5) is 5.69 Å². The highest BCUT2D eigenvalue weighted by Crippen LogP contribution is 2.22. The maximum Gasteiger partial charge on any atom is 0.163 e.